The second kappa shape index (κ2) is 8.34. The van der Waals surface area contributed by atoms with Gasteiger partial charge in [-0.05, 0) is 28.7 Å². The van der Waals surface area contributed by atoms with Crippen LogP contribution in [0.3, 0.4) is 0 Å². The van der Waals surface area contributed by atoms with Crippen molar-refractivity contribution in [2.45, 2.75) is 25.9 Å². The van der Waals surface area contributed by atoms with Crippen molar-refractivity contribution in [2.24, 2.45) is 0 Å². The van der Waals surface area contributed by atoms with Crippen molar-refractivity contribution in [1.29, 1.82) is 0 Å². The van der Waals surface area contributed by atoms with Crippen LogP contribution in [0.1, 0.15) is 25.2 Å². The van der Waals surface area contributed by atoms with Crippen LogP contribution in [-0.4, -0.2) is 26.5 Å². The molecule has 0 radical (unpaired) electrons. The maximum Gasteiger partial charge on any atom is 0.409 e. The Morgan fingerprint density at radius 2 is 2.11 bits per heavy atom. The molecular weight excluding hydrogens is 361 g/mol. The average molecular weight is 379 g/mol. The lowest BCUT2D eigenvalue weighted by atomic mass is 10.2. The molecule has 1 rings (SSSR count). The Labute approximate surface area is 126 Å². The van der Waals surface area contributed by atoms with Gasteiger partial charge in [-0.15, -0.1) is 0 Å². The number of amides is 1. The highest BCUT2D eigenvalue weighted by Gasteiger charge is 2.21. The number of alkyl carbamates (subject to hydrolysis) is 1. The molecule has 0 aliphatic carbocycles. The third-order valence-electron chi connectivity index (χ3n) is 2.42. The van der Waals surface area contributed by atoms with Crippen molar-refractivity contribution < 1.29 is 19.0 Å². The van der Waals surface area contributed by atoms with E-state index < -0.39 is 18.7 Å². The number of ether oxygens (including phenoxy) is 3. The van der Waals surface area contributed by atoms with Gasteiger partial charge in [0.1, 0.15) is 0 Å². The van der Waals surface area contributed by atoms with Crippen LogP contribution in [0.25, 0.3) is 0 Å². The molecule has 0 unspecified atom stereocenters. The minimum absolute atomic E-state index is 0.524. The molecule has 0 fully saturated rings. The molecule has 5 nitrogen and oxygen atoms in total. The second-order valence-electron chi connectivity index (χ2n) is 3.72. The summed E-state index contributed by atoms with van der Waals surface area (Å²) in [5, 5.41) is 2.39. The summed E-state index contributed by atoms with van der Waals surface area (Å²) in [7, 11) is 3.06. The van der Waals surface area contributed by atoms with Crippen LogP contribution in [0.2, 0.25) is 0 Å². The van der Waals surface area contributed by atoms with Crippen LogP contribution in [0.15, 0.2) is 24.3 Å². The summed E-state index contributed by atoms with van der Waals surface area (Å²) in [6, 6.07) is 7.73. The monoisotopic (exact) mass is 379 g/mol. The number of benzene rings is 1. The van der Waals surface area contributed by atoms with Gasteiger partial charge in [0, 0.05) is 29.7 Å². The van der Waals surface area contributed by atoms with Gasteiger partial charge in [-0.1, -0.05) is 25.1 Å². The number of hydrogen-bond acceptors (Lipinski definition) is 4. The van der Waals surface area contributed by atoms with Gasteiger partial charge < -0.3 is 19.5 Å². The highest BCUT2D eigenvalue weighted by atomic mass is 127. The molecule has 0 saturated heterocycles. The molecule has 6 heteroatoms. The van der Waals surface area contributed by atoms with Gasteiger partial charge in [-0.25, -0.2) is 4.79 Å². The lowest BCUT2D eigenvalue weighted by Gasteiger charge is -2.23. The van der Waals surface area contributed by atoms with Gasteiger partial charge in [0.25, 0.3) is 0 Å². The minimum atomic E-state index is -0.652. The Hall–Kier alpha value is -0.860. The maximum absolute atomic E-state index is 11.2. The number of hydrogen-bond donors (Lipinski definition) is 1. The summed E-state index contributed by atoms with van der Waals surface area (Å²) in [5.41, 5.74) is 0.907. The van der Waals surface area contributed by atoms with E-state index in [-0.39, 0.29) is 0 Å². The molecule has 0 aliphatic rings. The Balaban J connectivity index is 2.75. The topological polar surface area (TPSA) is 56.8 Å². The minimum Gasteiger partial charge on any atom is -0.420 e. The Morgan fingerprint density at radius 1 is 1.42 bits per heavy atom. The number of nitrogens with one attached hydrogen (secondary N) is 1. The second-order valence-corrected chi connectivity index (χ2v) is 4.88. The van der Waals surface area contributed by atoms with Crippen molar-refractivity contribution >= 4 is 28.7 Å². The molecule has 0 aliphatic heterocycles. The number of methoxy groups -OCH3 is 1. The molecular formula is C13H18INO4. The number of rotatable bonds is 6. The van der Waals surface area contributed by atoms with Crippen LogP contribution in [-0.2, 0) is 14.2 Å². The van der Waals surface area contributed by atoms with Crippen molar-refractivity contribution in [2.75, 3.05) is 14.2 Å². The van der Waals surface area contributed by atoms with Gasteiger partial charge in [0.05, 0.1) is 0 Å². The van der Waals surface area contributed by atoms with Crippen molar-refractivity contribution in [1.82, 2.24) is 5.32 Å². The lowest BCUT2D eigenvalue weighted by molar-refractivity contribution is -0.223. The molecule has 1 N–H and O–H groups in total. The summed E-state index contributed by atoms with van der Waals surface area (Å²) in [5.74, 6) is 0. The highest BCUT2D eigenvalue weighted by molar-refractivity contribution is 14.1. The maximum atomic E-state index is 11.2. The van der Waals surface area contributed by atoms with Gasteiger partial charge in [0.15, 0.2) is 6.29 Å². The molecule has 0 aromatic heterocycles. The van der Waals surface area contributed by atoms with E-state index in [0.717, 1.165) is 9.13 Å². The van der Waals surface area contributed by atoms with Crippen molar-refractivity contribution in [3.05, 3.63) is 33.4 Å². The molecule has 106 valence electrons. The zero-order valence-electron chi connectivity index (χ0n) is 11.2. The molecule has 0 bridgehead atoms. The van der Waals surface area contributed by atoms with E-state index in [0.29, 0.717) is 6.42 Å². The fourth-order valence-electron chi connectivity index (χ4n) is 1.45. The summed E-state index contributed by atoms with van der Waals surface area (Å²) in [4.78, 5) is 11.2. The smallest absolute Gasteiger partial charge is 0.409 e. The quantitative estimate of drug-likeness (QED) is 0.610. The number of carbonyl (C=O) groups excluding carboxylic acids is 1. The van der Waals surface area contributed by atoms with E-state index in [1.165, 1.54) is 7.05 Å². The molecule has 1 aromatic rings. The SMILES string of the molecule is CC[C@H](OC(=O)NC)O[C@H](OC)c1ccccc1I. The molecule has 0 spiro atoms. The van der Waals surface area contributed by atoms with Crippen LogP contribution < -0.4 is 5.32 Å². The third kappa shape index (κ3) is 4.96. The molecule has 1 aromatic carbocycles. The molecule has 0 saturated carbocycles. The average Bonchev–Trinajstić information content (AvgIpc) is 2.44. The predicted molar refractivity (Wildman–Crippen MR) is 79.6 cm³/mol. The first kappa shape index (κ1) is 16.2. The first-order chi connectivity index (χ1) is 9.12. The van der Waals surface area contributed by atoms with Crippen LogP contribution in [0.4, 0.5) is 4.79 Å². The fraction of sp³-hybridized carbons (Fsp3) is 0.462. The summed E-state index contributed by atoms with van der Waals surface area (Å²) < 4.78 is 17.1. The molecule has 1 amide bonds. The summed E-state index contributed by atoms with van der Waals surface area (Å²) >= 11 is 2.21. The zero-order valence-corrected chi connectivity index (χ0v) is 13.3. The van der Waals surface area contributed by atoms with E-state index in [4.69, 9.17) is 14.2 Å². The third-order valence-corrected chi connectivity index (χ3v) is 3.41. The van der Waals surface area contributed by atoms with Crippen LogP contribution >= 0.6 is 22.6 Å². The number of halogens is 1. The van der Waals surface area contributed by atoms with E-state index in [9.17, 15) is 4.79 Å². The van der Waals surface area contributed by atoms with E-state index in [2.05, 4.69) is 27.9 Å². The van der Waals surface area contributed by atoms with Gasteiger partial charge >= 0.3 is 6.09 Å². The first-order valence-electron chi connectivity index (χ1n) is 5.93. The van der Waals surface area contributed by atoms with E-state index in [1.807, 2.05) is 31.2 Å². The van der Waals surface area contributed by atoms with Gasteiger partial charge in [-0.2, -0.15) is 0 Å². The predicted octanol–water partition coefficient (Wildman–Crippen LogP) is 3.04. The van der Waals surface area contributed by atoms with Crippen molar-refractivity contribution in [3.63, 3.8) is 0 Å². The largest absolute Gasteiger partial charge is 0.420 e. The first-order valence-corrected chi connectivity index (χ1v) is 7.01. The van der Waals surface area contributed by atoms with Gasteiger partial charge in [-0.3, -0.25) is 0 Å². The molecule has 2 atom stereocenters. The molecule has 0 heterocycles. The van der Waals surface area contributed by atoms with Gasteiger partial charge in [0.2, 0.25) is 6.29 Å². The van der Waals surface area contributed by atoms with Crippen LogP contribution in [0.5, 0.6) is 0 Å². The highest BCUT2D eigenvalue weighted by Crippen LogP contribution is 2.25. The zero-order chi connectivity index (χ0) is 14.3. The van der Waals surface area contributed by atoms with E-state index in [1.54, 1.807) is 7.11 Å². The van der Waals surface area contributed by atoms with E-state index >= 15 is 0 Å². The van der Waals surface area contributed by atoms with Crippen molar-refractivity contribution in [3.8, 4) is 0 Å². The van der Waals surface area contributed by atoms with Crippen LogP contribution in [0, 0.1) is 3.57 Å². The normalized spacial score (nSPS) is 13.7. The molecule has 19 heavy (non-hydrogen) atoms. The Morgan fingerprint density at radius 3 is 2.63 bits per heavy atom. The lowest BCUT2D eigenvalue weighted by Crippen LogP contribution is -2.29. The Kier molecular flexibility index (Phi) is 7.11. The summed E-state index contributed by atoms with van der Waals surface area (Å²) in [6.07, 6.45) is -1.20. The fourth-order valence-corrected chi connectivity index (χ4v) is 2.09. The Bertz CT molecular complexity index is 413. The standard InChI is InChI=1S/C13H18INO4/c1-4-11(19-13(16)15-2)18-12(17-3)9-7-5-6-8-10(9)14/h5-8,11-12H,4H2,1-3H3,(H,15,16)/t11-,12-/m0/s1. The number of carbonyl (C=O) groups is 1. The summed E-state index contributed by atoms with van der Waals surface area (Å²) in [6.45, 7) is 1.87.